The molecule has 0 heterocycles. The van der Waals surface area contributed by atoms with Gasteiger partial charge in [-0.25, -0.2) is 4.39 Å². The summed E-state index contributed by atoms with van der Waals surface area (Å²) in [6.45, 7) is 5.00. The number of rotatable bonds is 5. The number of benzene rings is 1. The maximum atomic E-state index is 13.2. The van der Waals surface area contributed by atoms with E-state index in [0.717, 1.165) is 0 Å². The Morgan fingerprint density at radius 2 is 2.06 bits per heavy atom. The first-order valence-electron chi connectivity index (χ1n) is 5.79. The Balaban J connectivity index is 2.72. The Bertz CT molecular complexity index is 421. The number of ether oxygens (including phenoxy) is 1. The van der Waals surface area contributed by atoms with Crippen molar-refractivity contribution in [3.05, 3.63) is 29.6 Å². The Morgan fingerprint density at radius 1 is 1.39 bits per heavy atom. The molecule has 1 rings (SSSR count). The minimum atomic E-state index is -0.722. The van der Waals surface area contributed by atoms with Crippen LogP contribution < -0.4 is 10.1 Å². The molecule has 0 spiro atoms. The molecule has 2 N–H and O–H groups in total. The summed E-state index contributed by atoms with van der Waals surface area (Å²) in [4.78, 5) is 11.6. The van der Waals surface area contributed by atoms with Gasteiger partial charge in [-0.15, -0.1) is 0 Å². The molecule has 1 atom stereocenters. The van der Waals surface area contributed by atoms with Crippen molar-refractivity contribution in [2.45, 2.75) is 39.5 Å². The zero-order valence-corrected chi connectivity index (χ0v) is 10.7. The lowest BCUT2D eigenvalue weighted by atomic mass is 10.2. The van der Waals surface area contributed by atoms with Gasteiger partial charge in [0.25, 0.3) is 5.91 Å². The van der Waals surface area contributed by atoms with Crippen molar-refractivity contribution < 1.29 is 19.0 Å². The predicted molar refractivity (Wildman–Crippen MR) is 65.7 cm³/mol. The molecule has 0 saturated heterocycles. The van der Waals surface area contributed by atoms with Crippen LogP contribution in [-0.2, 0) is 11.4 Å². The van der Waals surface area contributed by atoms with E-state index in [0.29, 0.717) is 5.56 Å². The molecule has 1 aromatic rings. The molecule has 0 fully saturated rings. The largest absolute Gasteiger partial charge is 0.481 e. The van der Waals surface area contributed by atoms with Crippen molar-refractivity contribution >= 4 is 5.91 Å². The molecule has 100 valence electrons. The average molecular weight is 255 g/mol. The molecule has 0 aliphatic carbocycles. The highest BCUT2D eigenvalue weighted by molar-refractivity contribution is 5.80. The smallest absolute Gasteiger partial charge is 0.260 e. The maximum absolute atomic E-state index is 13.2. The van der Waals surface area contributed by atoms with Crippen LogP contribution in [-0.4, -0.2) is 23.2 Å². The summed E-state index contributed by atoms with van der Waals surface area (Å²) in [6, 6.07) is 3.91. The fourth-order valence-corrected chi connectivity index (χ4v) is 1.44. The molecular formula is C13H18FNO3. The molecule has 18 heavy (non-hydrogen) atoms. The average Bonchev–Trinajstić information content (AvgIpc) is 2.27. The van der Waals surface area contributed by atoms with E-state index < -0.39 is 11.9 Å². The second kappa shape index (κ2) is 6.35. The van der Waals surface area contributed by atoms with Crippen molar-refractivity contribution in [1.29, 1.82) is 0 Å². The summed E-state index contributed by atoms with van der Waals surface area (Å²) in [5.74, 6) is -0.543. The Hall–Kier alpha value is -1.62. The third-order valence-electron chi connectivity index (χ3n) is 2.23. The van der Waals surface area contributed by atoms with Gasteiger partial charge in [0.05, 0.1) is 6.61 Å². The minimum Gasteiger partial charge on any atom is -0.481 e. The van der Waals surface area contributed by atoms with E-state index in [-0.39, 0.29) is 24.3 Å². The molecule has 1 aromatic carbocycles. The van der Waals surface area contributed by atoms with Crippen molar-refractivity contribution in [2.24, 2.45) is 0 Å². The lowest BCUT2D eigenvalue weighted by Crippen LogP contribution is -2.40. The van der Waals surface area contributed by atoms with Gasteiger partial charge >= 0.3 is 0 Å². The summed E-state index contributed by atoms with van der Waals surface area (Å²) in [6.07, 6.45) is -0.722. The van der Waals surface area contributed by atoms with Crippen LogP contribution in [0.25, 0.3) is 0 Å². The highest BCUT2D eigenvalue weighted by Crippen LogP contribution is 2.18. The van der Waals surface area contributed by atoms with Gasteiger partial charge < -0.3 is 15.2 Å². The molecule has 1 unspecified atom stereocenters. The van der Waals surface area contributed by atoms with Crippen LogP contribution in [0, 0.1) is 5.82 Å². The van der Waals surface area contributed by atoms with Gasteiger partial charge in [0.15, 0.2) is 6.10 Å². The van der Waals surface area contributed by atoms with E-state index in [1.807, 2.05) is 13.8 Å². The van der Waals surface area contributed by atoms with Crippen LogP contribution in [0.2, 0.25) is 0 Å². The lowest BCUT2D eigenvalue weighted by molar-refractivity contribution is -0.127. The lowest BCUT2D eigenvalue weighted by Gasteiger charge is -2.16. The summed E-state index contributed by atoms with van der Waals surface area (Å²) >= 11 is 0. The summed E-state index contributed by atoms with van der Waals surface area (Å²) in [5.41, 5.74) is 0.404. The van der Waals surface area contributed by atoms with Crippen LogP contribution in [0.5, 0.6) is 5.75 Å². The second-order valence-electron chi connectivity index (χ2n) is 4.38. The molecule has 1 amide bonds. The zero-order chi connectivity index (χ0) is 13.7. The van der Waals surface area contributed by atoms with Crippen LogP contribution in [0.4, 0.5) is 4.39 Å². The van der Waals surface area contributed by atoms with Gasteiger partial charge in [0.2, 0.25) is 0 Å². The molecule has 0 aliphatic heterocycles. The second-order valence-corrected chi connectivity index (χ2v) is 4.38. The van der Waals surface area contributed by atoms with Crippen molar-refractivity contribution in [3.63, 3.8) is 0 Å². The van der Waals surface area contributed by atoms with Crippen LogP contribution >= 0.6 is 0 Å². The van der Waals surface area contributed by atoms with E-state index in [4.69, 9.17) is 9.84 Å². The number of hydrogen-bond donors (Lipinski definition) is 2. The summed E-state index contributed by atoms with van der Waals surface area (Å²) in [5, 5.41) is 11.6. The summed E-state index contributed by atoms with van der Waals surface area (Å²) in [7, 11) is 0. The molecule has 0 aromatic heterocycles. The highest BCUT2D eigenvalue weighted by Gasteiger charge is 2.15. The normalized spacial score (nSPS) is 12.3. The van der Waals surface area contributed by atoms with Gasteiger partial charge in [-0.1, -0.05) is 0 Å². The SMILES string of the molecule is CC(C)NC(=O)C(C)Oc1cc(F)cc(CO)c1. The maximum Gasteiger partial charge on any atom is 0.260 e. The van der Waals surface area contributed by atoms with Gasteiger partial charge in [-0.2, -0.15) is 0 Å². The first-order valence-corrected chi connectivity index (χ1v) is 5.79. The number of aliphatic hydroxyl groups excluding tert-OH is 1. The molecule has 0 saturated carbocycles. The predicted octanol–water partition coefficient (Wildman–Crippen LogP) is 1.61. The third-order valence-corrected chi connectivity index (χ3v) is 2.23. The number of carbonyl (C=O) groups excluding carboxylic acids is 1. The van der Waals surface area contributed by atoms with Gasteiger partial charge in [0.1, 0.15) is 11.6 Å². The monoisotopic (exact) mass is 255 g/mol. The fourth-order valence-electron chi connectivity index (χ4n) is 1.44. The Kier molecular flexibility index (Phi) is 5.09. The topological polar surface area (TPSA) is 58.6 Å². The number of halogens is 1. The van der Waals surface area contributed by atoms with E-state index >= 15 is 0 Å². The number of carbonyl (C=O) groups is 1. The van der Waals surface area contributed by atoms with E-state index in [9.17, 15) is 9.18 Å². The molecule has 5 heteroatoms. The Labute approximate surface area is 106 Å². The fraction of sp³-hybridized carbons (Fsp3) is 0.462. The standard InChI is InChI=1S/C13H18FNO3/c1-8(2)15-13(17)9(3)18-12-5-10(7-16)4-11(14)6-12/h4-6,8-9,16H,7H2,1-3H3,(H,15,17). The van der Waals surface area contributed by atoms with Crippen LogP contribution in [0.15, 0.2) is 18.2 Å². The van der Waals surface area contributed by atoms with E-state index in [2.05, 4.69) is 5.32 Å². The van der Waals surface area contributed by atoms with E-state index in [1.54, 1.807) is 6.92 Å². The molecule has 0 radical (unpaired) electrons. The molecule has 0 bridgehead atoms. The Morgan fingerprint density at radius 3 is 2.61 bits per heavy atom. The first-order chi connectivity index (χ1) is 8.42. The van der Waals surface area contributed by atoms with Gasteiger partial charge in [0, 0.05) is 12.1 Å². The summed E-state index contributed by atoms with van der Waals surface area (Å²) < 4.78 is 18.5. The number of nitrogens with one attached hydrogen (secondary N) is 1. The number of hydrogen-bond acceptors (Lipinski definition) is 3. The van der Waals surface area contributed by atoms with Crippen LogP contribution in [0.3, 0.4) is 0 Å². The molecular weight excluding hydrogens is 237 g/mol. The number of amides is 1. The minimum absolute atomic E-state index is 0.0177. The van der Waals surface area contributed by atoms with Gasteiger partial charge in [-0.05, 0) is 38.5 Å². The van der Waals surface area contributed by atoms with Crippen LogP contribution in [0.1, 0.15) is 26.3 Å². The first kappa shape index (κ1) is 14.4. The highest BCUT2D eigenvalue weighted by atomic mass is 19.1. The zero-order valence-electron chi connectivity index (χ0n) is 10.7. The number of aliphatic hydroxyl groups is 1. The molecule has 4 nitrogen and oxygen atoms in total. The van der Waals surface area contributed by atoms with Crippen molar-refractivity contribution in [1.82, 2.24) is 5.32 Å². The third kappa shape index (κ3) is 4.33. The van der Waals surface area contributed by atoms with Gasteiger partial charge in [-0.3, -0.25) is 4.79 Å². The quantitative estimate of drug-likeness (QED) is 0.840. The van der Waals surface area contributed by atoms with Crippen molar-refractivity contribution in [3.8, 4) is 5.75 Å². The van der Waals surface area contributed by atoms with Crippen molar-refractivity contribution in [2.75, 3.05) is 0 Å². The van der Waals surface area contributed by atoms with E-state index in [1.165, 1.54) is 18.2 Å². The molecule has 0 aliphatic rings.